The lowest BCUT2D eigenvalue weighted by Crippen LogP contribution is -2.52. The third-order valence-corrected chi connectivity index (χ3v) is 5.87. The van der Waals surface area contributed by atoms with E-state index in [0.717, 1.165) is 53.0 Å². The van der Waals surface area contributed by atoms with Crippen molar-refractivity contribution in [2.24, 2.45) is 5.73 Å². The van der Waals surface area contributed by atoms with Crippen LogP contribution in [0, 0.1) is 6.92 Å². The SMILES string of the molecule is COc1nc(C)ccc1-c1cnc2sc(N3CCC(N)(CO)CC3)nn12. The van der Waals surface area contributed by atoms with Gasteiger partial charge in [-0.05, 0) is 31.9 Å². The van der Waals surface area contributed by atoms with Crippen molar-refractivity contribution < 1.29 is 9.84 Å². The summed E-state index contributed by atoms with van der Waals surface area (Å²) in [7, 11) is 1.62. The Morgan fingerprint density at radius 3 is 2.81 bits per heavy atom. The van der Waals surface area contributed by atoms with E-state index in [0.29, 0.717) is 5.88 Å². The Kier molecular flexibility index (Phi) is 4.29. The van der Waals surface area contributed by atoms with Gasteiger partial charge in [-0.15, -0.1) is 5.10 Å². The van der Waals surface area contributed by atoms with Gasteiger partial charge in [0.1, 0.15) is 0 Å². The fourth-order valence-electron chi connectivity index (χ4n) is 3.18. The molecular formula is C17H22N6O2S. The van der Waals surface area contributed by atoms with E-state index in [1.807, 2.05) is 23.6 Å². The molecule has 3 aromatic heterocycles. The highest BCUT2D eigenvalue weighted by molar-refractivity contribution is 7.20. The van der Waals surface area contributed by atoms with Gasteiger partial charge < -0.3 is 20.5 Å². The average Bonchev–Trinajstić information content (AvgIpc) is 3.23. The summed E-state index contributed by atoms with van der Waals surface area (Å²) in [4.78, 5) is 12.0. The summed E-state index contributed by atoms with van der Waals surface area (Å²) >= 11 is 1.55. The van der Waals surface area contributed by atoms with E-state index in [-0.39, 0.29) is 6.61 Å². The molecule has 1 saturated heterocycles. The second-order valence-electron chi connectivity index (χ2n) is 6.74. The number of rotatable bonds is 4. The Balaban J connectivity index is 1.66. The van der Waals surface area contributed by atoms with E-state index in [1.165, 1.54) is 0 Å². The first-order valence-corrected chi connectivity index (χ1v) is 9.36. The number of ether oxygens (including phenoxy) is 1. The van der Waals surface area contributed by atoms with Gasteiger partial charge in [-0.3, -0.25) is 0 Å². The zero-order chi connectivity index (χ0) is 18.3. The molecule has 4 rings (SSSR count). The van der Waals surface area contributed by atoms with Crippen molar-refractivity contribution in [3.05, 3.63) is 24.0 Å². The van der Waals surface area contributed by atoms with Gasteiger partial charge in [0.05, 0.1) is 31.2 Å². The zero-order valence-corrected chi connectivity index (χ0v) is 15.7. The summed E-state index contributed by atoms with van der Waals surface area (Å²) in [6.45, 7) is 3.50. The molecule has 0 aromatic carbocycles. The number of fused-ring (bicyclic) bond motifs is 1. The number of nitrogens with two attached hydrogens (primary N) is 1. The largest absolute Gasteiger partial charge is 0.480 e. The number of hydrogen-bond acceptors (Lipinski definition) is 8. The van der Waals surface area contributed by atoms with Crippen LogP contribution in [0.2, 0.25) is 0 Å². The van der Waals surface area contributed by atoms with Crippen molar-refractivity contribution in [1.82, 2.24) is 19.6 Å². The van der Waals surface area contributed by atoms with E-state index >= 15 is 0 Å². The predicted octanol–water partition coefficient (Wildman–Crippen LogP) is 1.46. The molecule has 1 aliphatic heterocycles. The summed E-state index contributed by atoms with van der Waals surface area (Å²) in [5.74, 6) is 0.565. The number of pyridine rings is 1. The molecule has 0 bridgehead atoms. The maximum Gasteiger partial charge on any atom is 0.222 e. The van der Waals surface area contributed by atoms with Gasteiger partial charge in [0, 0.05) is 24.3 Å². The number of nitrogens with zero attached hydrogens (tertiary/aromatic N) is 5. The minimum Gasteiger partial charge on any atom is -0.480 e. The van der Waals surface area contributed by atoms with Crippen LogP contribution < -0.4 is 15.4 Å². The Hall–Kier alpha value is -2.23. The van der Waals surface area contributed by atoms with Crippen molar-refractivity contribution in [1.29, 1.82) is 0 Å². The van der Waals surface area contributed by atoms with Gasteiger partial charge in [-0.25, -0.2) is 14.5 Å². The van der Waals surface area contributed by atoms with Crippen molar-refractivity contribution >= 4 is 21.4 Å². The fraction of sp³-hybridized carbons (Fsp3) is 0.471. The number of methoxy groups -OCH3 is 1. The molecule has 138 valence electrons. The van der Waals surface area contributed by atoms with Crippen molar-refractivity contribution in [2.75, 3.05) is 31.7 Å². The van der Waals surface area contributed by atoms with Gasteiger partial charge in [0.2, 0.25) is 16.0 Å². The van der Waals surface area contributed by atoms with Crippen LogP contribution in [0.3, 0.4) is 0 Å². The number of anilines is 1. The van der Waals surface area contributed by atoms with Gasteiger partial charge in [-0.2, -0.15) is 0 Å². The van der Waals surface area contributed by atoms with Crippen LogP contribution in [0.1, 0.15) is 18.5 Å². The average molecular weight is 374 g/mol. The van der Waals surface area contributed by atoms with Crippen LogP contribution in [-0.2, 0) is 0 Å². The van der Waals surface area contributed by atoms with Crippen molar-refractivity contribution in [2.45, 2.75) is 25.3 Å². The molecule has 3 N–H and O–H groups in total. The summed E-state index contributed by atoms with van der Waals surface area (Å²) in [5.41, 5.74) is 8.31. The minimum absolute atomic E-state index is 0.0202. The Morgan fingerprint density at radius 2 is 2.12 bits per heavy atom. The highest BCUT2D eigenvalue weighted by Crippen LogP contribution is 2.33. The molecule has 0 atom stereocenters. The molecule has 9 heteroatoms. The Morgan fingerprint density at radius 1 is 1.35 bits per heavy atom. The van der Waals surface area contributed by atoms with Crippen LogP contribution >= 0.6 is 11.3 Å². The smallest absolute Gasteiger partial charge is 0.222 e. The fourth-order valence-corrected chi connectivity index (χ4v) is 4.11. The van der Waals surface area contributed by atoms with Gasteiger partial charge in [-0.1, -0.05) is 11.3 Å². The van der Waals surface area contributed by atoms with E-state index in [4.69, 9.17) is 15.6 Å². The van der Waals surface area contributed by atoms with Crippen LogP contribution in [0.25, 0.3) is 16.2 Å². The molecule has 0 saturated carbocycles. The summed E-state index contributed by atoms with van der Waals surface area (Å²) in [6, 6.07) is 3.93. The molecule has 0 radical (unpaired) electrons. The van der Waals surface area contributed by atoms with E-state index in [2.05, 4.69) is 14.9 Å². The third kappa shape index (κ3) is 2.91. The zero-order valence-electron chi connectivity index (χ0n) is 14.8. The number of aromatic nitrogens is 4. The normalized spacial score (nSPS) is 17.0. The van der Waals surface area contributed by atoms with Gasteiger partial charge in [0.25, 0.3) is 0 Å². The number of aliphatic hydroxyl groups excluding tert-OH is 1. The number of hydrogen-bond donors (Lipinski definition) is 2. The quantitative estimate of drug-likeness (QED) is 0.713. The first-order chi connectivity index (χ1) is 12.5. The first-order valence-electron chi connectivity index (χ1n) is 8.54. The van der Waals surface area contributed by atoms with Gasteiger partial charge >= 0.3 is 0 Å². The van der Waals surface area contributed by atoms with Gasteiger partial charge in [0.15, 0.2) is 0 Å². The molecule has 0 unspecified atom stereocenters. The standard InChI is InChI=1S/C17H22N6O2S/c1-11-3-4-12(14(20-11)25-2)13-9-19-15-23(13)21-16(26-15)22-7-5-17(18,10-24)6-8-22/h3-4,9,24H,5-8,10,18H2,1-2H3. The van der Waals surface area contributed by atoms with E-state index in [1.54, 1.807) is 24.6 Å². The number of aliphatic hydroxyl groups is 1. The molecule has 26 heavy (non-hydrogen) atoms. The van der Waals surface area contributed by atoms with Crippen molar-refractivity contribution in [3.63, 3.8) is 0 Å². The maximum absolute atomic E-state index is 9.43. The number of aryl methyl sites for hydroxylation is 1. The summed E-state index contributed by atoms with van der Waals surface area (Å²) in [5, 5.41) is 15.1. The summed E-state index contributed by atoms with van der Waals surface area (Å²) < 4.78 is 7.27. The lowest BCUT2D eigenvalue weighted by atomic mass is 9.90. The first kappa shape index (κ1) is 17.2. The van der Waals surface area contributed by atoms with Crippen LogP contribution in [0.15, 0.2) is 18.3 Å². The van der Waals surface area contributed by atoms with Crippen LogP contribution in [0.4, 0.5) is 5.13 Å². The van der Waals surface area contributed by atoms with Crippen molar-refractivity contribution in [3.8, 4) is 17.1 Å². The number of piperidine rings is 1. The molecule has 1 aliphatic rings. The second-order valence-corrected chi connectivity index (χ2v) is 7.67. The Labute approximate surface area is 155 Å². The lowest BCUT2D eigenvalue weighted by molar-refractivity contribution is 0.170. The highest BCUT2D eigenvalue weighted by Gasteiger charge is 2.31. The number of imidazole rings is 1. The molecular weight excluding hydrogens is 352 g/mol. The minimum atomic E-state index is -0.472. The van der Waals surface area contributed by atoms with E-state index in [9.17, 15) is 5.11 Å². The predicted molar refractivity (Wildman–Crippen MR) is 101 cm³/mol. The molecule has 0 aliphatic carbocycles. The summed E-state index contributed by atoms with van der Waals surface area (Å²) in [6.07, 6.45) is 3.28. The maximum atomic E-state index is 9.43. The molecule has 8 nitrogen and oxygen atoms in total. The molecule has 4 heterocycles. The Bertz CT molecular complexity index is 929. The monoisotopic (exact) mass is 374 g/mol. The highest BCUT2D eigenvalue weighted by atomic mass is 32.1. The molecule has 0 amide bonds. The third-order valence-electron chi connectivity index (χ3n) is 4.89. The molecule has 0 spiro atoms. The van der Waals surface area contributed by atoms with E-state index < -0.39 is 5.54 Å². The second kappa shape index (κ2) is 6.49. The molecule has 3 aromatic rings. The topological polar surface area (TPSA) is 102 Å². The van der Waals surface area contributed by atoms with Crippen LogP contribution in [-0.4, -0.2) is 57.0 Å². The molecule has 1 fully saturated rings. The van der Waals surface area contributed by atoms with Crippen LogP contribution in [0.5, 0.6) is 5.88 Å². The lowest BCUT2D eigenvalue weighted by Gasteiger charge is -2.37.